The van der Waals surface area contributed by atoms with Crippen molar-refractivity contribution in [3.8, 4) is 0 Å². The van der Waals surface area contributed by atoms with Crippen LogP contribution in [-0.4, -0.2) is 106 Å². The van der Waals surface area contributed by atoms with Crippen LogP contribution in [-0.2, 0) is 48.0 Å². The predicted octanol–water partition coefficient (Wildman–Crippen LogP) is 1.11. The van der Waals surface area contributed by atoms with Crippen LogP contribution in [0.5, 0.6) is 0 Å². The second-order valence-electron chi connectivity index (χ2n) is 15.3. The van der Waals surface area contributed by atoms with Gasteiger partial charge in [0.15, 0.2) is 0 Å². The number of aromatic nitrogens is 1. The number of carboxylic acid groups (broad SMARTS) is 1. The van der Waals surface area contributed by atoms with Gasteiger partial charge in [-0.2, -0.15) is 0 Å². The van der Waals surface area contributed by atoms with E-state index in [2.05, 4.69) is 36.9 Å². The van der Waals surface area contributed by atoms with Crippen molar-refractivity contribution in [2.45, 2.75) is 101 Å². The first-order chi connectivity index (χ1) is 29.3. The van der Waals surface area contributed by atoms with E-state index in [1.807, 2.05) is 6.07 Å². The van der Waals surface area contributed by atoms with E-state index in [4.69, 9.17) is 5.73 Å². The number of rotatable bonds is 22. The molecule has 326 valence electrons. The number of amides is 5. The number of unbranched alkanes of at least 4 members (excludes halogenated alkanes) is 1. The molecule has 61 heavy (non-hydrogen) atoms. The summed E-state index contributed by atoms with van der Waals surface area (Å²) in [5.74, 6) is -5.53. The van der Waals surface area contributed by atoms with Gasteiger partial charge < -0.3 is 52.8 Å². The number of carbonyl (C=O) groups excluding carboxylic acids is 5. The Morgan fingerprint density at radius 3 is 1.93 bits per heavy atom. The van der Waals surface area contributed by atoms with Crippen molar-refractivity contribution < 1.29 is 43.4 Å². The quantitative estimate of drug-likeness (QED) is 0.0505. The number of halogens is 1. The number of aliphatic carboxylic acids is 1. The van der Waals surface area contributed by atoms with Crippen molar-refractivity contribution in [1.29, 1.82) is 0 Å². The SMILES string of the molecule is C[C@@H](O)[C@H](NC(=O)[C@H](CCCCN)NC(=O)[C@@H](Cc1c[nH]c2ccc(F)cc12)NC(=O)[C@H](Cc1ccccc1)NC(=O)[C@@H]1CCCN1)C(=O)N[C@@H](Cc1ccccc1)C(=O)O. The van der Waals surface area contributed by atoms with Crippen LogP contribution in [0.1, 0.15) is 55.7 Å². The summed E-state index contributed by atoms with van der Waals surface area (Å²) in [6.07, 6.45) is 2.22. The monoisotopic (exact) mass is 842 g/mol. The third kappa shape index (κ3) is 13.4. The zero-order chi connectivity index (χ0) is 43.9. The third-order valence-corrected chi connectivity index (χ3v) is 10.6. The molecule has 2 heterocycles. The smallest absolute Gasteiger partial charge is 0.326 e. The number of benzene rings is 3. The second kappa shape index (κ2) is 22.4. The van der Waals surface area contributed by atoms with Gasteiger partial charge in [0.05, 0.1) is 12.1 Å². The average molecular weight is 843 g/mol. The zero-order valence-corrected chi connectivity index (χ0v) is 34.0. The van der Waals surface area contributed by atoms with Crippen LogP contribution in [0.25, 0.3) is 10.9 Å². The summed E-state index contributed by atoms with van der Waals surface area (Å²) in [7, 11) is 0. The third-order valence-electron chi connectivity index (χ3n) is 10.6. The lowest BCUT2D eigenvalue weighted by Crippen LogP contribution is -2.61. The molecule has 0 unspecified atom stereocenters. The molecule has 7 atom stereocenters. The first-order valence-electron chi connectivity index (χ1n) is 20.5. The van der Waals surface area contributed by atoms with Crippen molar-refractivity contribution in [3.63, 3.8) is 0 Å². The van der Waals surface area contributed by atoms with E-state index in [0.717, 1.165) is 12.0 Å². The lowest BCUT2D eigenvalue weighted by atomic mass is 10.0. The molecule has 0 spiro atoms. The molecule has 1 aliphatic rings. The molecule has 5 rings (SSSR count). The molecule has 0 aliphatic carbocycles. The molecule has 11 N–H and O–H groups in total. The number of nitrogens with two attached hydrogens (primary N) is 1. The van der Waals surface area contributed by atoms with Gasteiger partial charge in [-0.15, -0.1) is 0 Å². The van der Waals surface area contributed by atoms with Crippen molar-refractivity contribution in [3.05, 3.63) is 108 Å². The van der Waals surface area contributed by atoms with Crippen molar-refractivity contribution in [1.82, 2.24) is 36.9 Å². The molecule has 0 saturated carbocycles. The highest BCUT2D eigenvalue weighted by Gasteiger charge is 2.35. The van der Waals surface area contributed by atoms with Crippen LogP contribution >= 0.6 is 0 Å². The van der Waals surface area contributed by atoms with E-state index in [0.29, 0.717) is 47.8 Å². The summed E-state index contributed by atoms with van der Waals surface area (Å²) in [6, 6.07) is 14.4. The minimum Gasteiger partial charge on any atom is -0.480 e. The number of H-pyrrole nitrogens is 1. The number of carbonyl (C=O) groups is 6. The number of aliphatic hydroxyl groups excluding tert-OH is 1. The highest BCUT2D eigenvalue weighted by molar-refractivity contribution is 5.97. The van der Waals surface area contributed by atoms with Crippen LogP contribution in [0.15, 0.2) is 85.1 Å². The molecule has 17 heteroatoms. The molecular weight excluding hydrogens is 788 g/mol. The van der Waals surface area contributed by atoms with Crippen LogP contribution in [0.2, 0.25) is 0 Å². The molecule has 1 aromatic heterocycles. The van der Waals surface area contributed by atoms with Gasteiger partial charge >= 0.3 is 5.97 Å². The molecule has 0 bridgehead atoms. The Balaban J connectivity index is 1.39. The van der Waals surface area contributed by atoms with Crippen molar-refractivity contribution in [2.75, 3.05) is 13.1 Å². The number of aromatic amines is 1. The number of hydrogen-bond acceptors (Lipinski definition) is 9. The molecule has 1 saturated heterocycles. The summed E-state index contributed by atoms with van der Waals surface area (Å²) in [6.45, 7) is 2.18. The Bertz CT molecular complexity index is 2110. The normalized spacial score (nSPS) is 16.6. The topological polar surface area (TPSA) is 257 Å². The van der Waals surface area contributed by atoms with Crippen LogP contribution in [0, 0.1) is 5.82 Å². The van der Waals surface area contributed by atoms with Gasteiger partial charge in [0.1, 0.15) is 36.0 Å². The van der Waals surface area contributed by atoms with Gasteiger partial charge in [-0.3, -0.25) is 24.0 Å². The van der Waals surface area contributed by atoms with Crippen molar-refractivity contribution >= 4 is 46.4 Å². The van der Waals surface area contributed by atoms with Gasteiger partial charge in [0.25, 0.3) is 0 Å². The Kier molecular flexibility index (Phi) is 16.9. The lowest BCUT2D eigenvalue weighted by molar-refractivity contribution is -0.143. The number of aliphatic hydroxyl groups is 1. The van der Waals surface area contributed by atoms with E-state index in [9.17, 15) is 43.4 Å². The number of fused-ring (bicyclic) bond motifs is 1. The Morgan fingerprint density at radius 1 is 0.754 bits per heavy atom. The predicted molar refractivity (Wildman–Crippen MR) is 225 cm³/mol. The highest BCUT2D eigenvalue weighted by Crippen LogP contribution is 2.21. The van der Waals surface area contributed by atoms with E-state index in [1.165, 1.54) is 25.1 Å². The molecule has 1 fully saturated rings. The van der Waals surface area contributed by atoms with Crippen molar-refractivity contribution in [2.24, 2.45) is 5.73 Å². The molecule has 1 aliphatic heterocycles. The summed E-state index contributed by atoms with van der Waals surface area (Å²) < 4.78 is 14.5. The first kappa shape index (κ1) is 45.9. The van der Waals surface area contributed by atoms with E-state index in [-0.39, 0.29) is 38.1 Å². The maximum Gasteiger partial charge on any atom is 0.326 e. The molecular formula is C44H55FN8O8. The number of nitrogens with one attached hydrogen (secondary N) is 7. The van der Waals surface area contributed by atoms with Crippen LogP contribution < -0.4 is 37.6 Å². The zero-order valence-electron chi connectivity index (χ0n) is 34.0. The molecule has 0 radical (unpaired) electrons. The molecule has 3 aromatic carbocycles. The minimum absolute atomic E-state index is 0.0364. The van der Waals surface area contributed by atoms with Gasteiger partial charge in [0, 0.05) is 36.4 Å². The first-order valence-corrected chi connectivity index (χ1v) is 20.5. The van der Waals surface area contributed by atoms with Gasteiger partial charge in [-0.25, -0.2) is 9.18 Å². The number of carboxylic acids is 1. The van der Waals surface area contributed by atoms with Crippen LogP contribution in [0.4, 0.5) is 4.39 Å². The fourth-order valence-corrected chi connectivity index (χ4v) is 7.27. The van der Waals surface area contributed by atoms with Gasteiger partial charge in [-0.05, 0) is 87.0 Å². The van der Waals surface area contributed by atoms with Gasteiger partial charge in [-0.1, -0.05) is 60.7 Å². The number of hydrogen-bond donors (Lipinski definition) is 10. The largest absolute Gasteiger partial charge is 0.480 e. The Labute approximate surface area is 353 Å². The lowest BCUT2D eigenvalue weighted by Gasteiger charge is -2.28. The van der Waals surface area contributed by atoms with E-state index in [1.54, 1.807) is 60.8 Å². The van der Waals surface area contributed by atoms with E-state index >= 15 is 0 Å². The Morgan fingerprint density at radius 2 is 1.34 bits per heavy atom. The summed E-state index contributed by atoms with van der Waals surface area (Å²) in [5.41, 5.74) is 8.18. The molecule has 4 aromatic rings. The summed E-state index contributed by atoms with van der Waals surface area (Å²) >= 11 is 0. The standard InChI is InChI=1S/C44H55FN8O8/c1-26(54)38(43(59)52-37(44(60)61)22-28-13-6-3-7-14-28)53-40(56)34(15-8-9-19-46)49-42(58)36(23-29-25-48-32-18-17-30(45)24-31(29)32)51-41(57)35(21-27-11-4-2-5-12-27)50-39(55)33-16-10-20-47-33/h2-7,11-14,17-18,24-26,33-38,47-48,54H,8-10,15-16,19-23,46H2,1H3,(H,49,58)(H,50,55)(H,51,57)(H,52,59)(H,53,56)(H,60,61)/t26-,33+,34+,35+,36-,37+,38+/m1/s1. The fourth-order valence-electron chi connectivity index (χ4n) is 7.27. The Hall–Kier alpha value is -6.17. The maximum absolute atomic E-state index is 14.5. The van der Waals surface area contributed by atoms with Crippen LogP contribution in [0.3, 0.4) is 0 Å². The highest BCUT2D eigenvalue weighted by atomic mass is 19.1. The van der Waals surface area contributed by atoms with Gasteiger partial charge in [0.2, 0.25) is 29.5 Å². The molecule has 16 nitrogen and oxygen atoms in total. The maximum atomic E-state index is 14.5. The fraction of sp³-hybridized carbons (Fsp3) is 0.409. The molecule has 5 amide bonds. The van der Waals surface area contributed by atoms with E-state index < -0.39 is 77.8 Å². The average Bonchev–Trinajstić information content (AvgIpc) is 3.93. The minimum atomic E-state index is -1.62. The summed E-state index contributed by atoms with van der Waals surface area (Å²) in [4.78, 5) is 84.6. The second-order valence-corrected chi connectivity index (χ2v) is 15.3. The summed E-state index contributed by atoms with van der Waals surface area (Å²) in [5, 5.41) is 37.3.